The Morgan fingerprint density at radius 3 is 2.90 bits per heavy atom. The molecule has 2 bridgehead atoms. The van der Waals surface area contributed by atoms with Gasteiger partial charge in [0.2, 0.25) is 0 Å². The maximum Gasteiger partial charge on any atom is 0.251 e. The Kier molecular flexibility index (Phi) is 3.58. The van der Waals surface area contributed by atoms with Crippen LogP contribution in [0.4, 0.5) is 0 Å². The van der Waals surface area contributed by atoms with E-state index in [2.05, 4.69) is 22.4 Å². The van der Waals surface area contributed by atoms with Crippen LogP contribution in [0.5, 0.6) is 5.75 Å². The molecule has 1 amide bonds. The average molecular weight is 387 g/mol. The largest absolute Gasteiger partial charge is 0.493 e. The lowest BCUT2D eigenvalue weighted by Gasteiger charge is -2.60. The van der Waals surface area contributed by atoms with Gasteiger partial charge in [0.15, 0.2) is 0 Å². The van der Waals surface area contributed by atoms with Crippen molar-refractivity contribution in [2.75, 3.05) is 6.61 Å². The Morgan fingerprint density at radius 1 is 1.10 bits per heavy atom. The molecule has 5 nitrogen and oxygen atoms in total. The molecule has 2 heterocycles. The maximum absolute atomic E-state index is 13.0. The molecule has 0 saturated heterocycles. The van der Waals surface area contributed by atoms with E-state index < -0.39 is 0 Å². The van der Waals surface area contributed by atoms with Crippen LogP contribution in [-0.2, 0) is 11.8 Å². The Labute approximate surface area is 169 Å². The highest BCUT2D eigenvalue weighted by Gasteiger charge is 2.60. The van der Waals surface area contributed by atoms with E-state index in [0.29, 0.717) is 0 Å². The van der Waals surface area contributed by atoms with E-state index in [1.807, 2.05) is 30.3 Å². The summed E-state index contributed by atoms with van der Waals surface area (Å²) in [5.74, 6) is 2.06. The first kappa shape index (κ1) is 17.1. The number of fused-ring (bicyclic) bond motifs is 4. The number of aromatic amines is 1. The summed E-state index contributed by atoms with van der Waals surface area (Å²) in [6.45, 7) is 0.769. The zero-order valence-electron chi connectivity index (χ0n) is 16.5. The van der Waals surface area contributed by atoms with Crippen LogP contribution in [0.2, 0.25) is 0 Å². The van der Waals surface area contributed by atoms with Crippen molar-refractivity contribution in [1.29, 1.82) is 0 Å². The molecule has 29 heavy (non-hydrogen) atoms. The summed E-state index contributed by atoms with van der Waals surface area (Å²) in [6, 6.07) is 14.1. The van der Waals surface area contributed by atoms with Crippen LogP contribution in [0.3, 0.4) is 0 Å². The number of amides is 1. The van der Waals surface area contributed by atoms with Crippen molar-refractivity contribution in [2.24, 2.45) is 0 Å². The zero-order chi connectivity index (χ0) is 19.5. The van der Waals surface area contributed by atoms with Crippen LogP contribution in [-0.4, -0.2) is 28.0 Å². The lowest BCUT2D eigenvalue weighted by molar-refractivity contribution is 0.00533. The monoisotopic (exact) mass is 387 g/mol. The highest BCUT2D eigenvalue weighted by Crippen LogP contribution is 2.58. The minimum Gasteiger partial charge on any atom is -0.493 e. The SMILES string of the molecule is O=C(NC12CCCC(c3nc4ccccc4[nH]3)(C1)C2)c1ccc2c(c1)CCCO2. The van der Waals surface area contributed by atoms with E-state index in [1.54, 1.807) is 0 Å². The van der Waals surface area contributed by atoms with E-state index in [4.69, 9.17) is 9.72 Å². The lowest BCUT2D eigenvalue weighted by atomic mass is 9.49. The summed E-state index contributed by atoms with van der Waals surface area (Å²) in [7, 11) is 0. The smallest absolute Gasteiger partial charge is 0.251 e. The zero-order valence-corrected chi connectivity index (χ0v) is 16.5. The Hall–Kier alpha value is -2.82. The molecule has 5 heteroatoms. The van der Waals surface area contributed by atoms with E-state index in [0.717, 1.165) is 85.3 Å². The number of aromatic nitrogens is 2. The number of aryl methyl sites for hydroxylation is 1. The summed E-state index contributed by atoms with van der Waals surface area (Å²) < 4.78 is 5.68. The Bertz CT molecular complexity index is 1080. The number of ether oxygens (including phenoxy) is 1. The molecule has 0 radical (unpaired) electrons. The van der Waals surface area contributed by atoms with Gasteiger partial charge in [-0.3, -0.25) is 4.79 Å². The molecule has 1 aromatic heterocycles. The number of carbonyl (C=O) groups excluding carboxylic acids is 1. The highest BCUT2D eigenvalue weighted by molar-refractivity contribution is 5.95. The molecule has 4 aliphatic rings. The number of nitrogens with zero attached hydrogens (tertiary/aromatic N) is 1. The van der Waals surface area contributed by atoms with Crippen molar-refractivity contribution >= 4 is 16.9 Å². The van der Waals surface area contributed by atoms with Crippen LogP contribution in [0.15, 0.2) is 42.5 Å². The standard InChI is InChI=1S/C24H25N3O2/c28-21(17-8-9-20-16(13-17)5-3-12-29-20)27-24-11-4-10-23(14-24,15-24)22-25-18-6-1-2-7-19(18)26-22/h1-2,6-9,13H,3-5,10-12,14-15H2,(H,25,26)(H,27,28). The summed E-state index contributed by atoms with van der Waals surface area (Å²) in [4.78, 5) is 21.5. The number of H-pyrrole nitrogens is 1. The van der Waals surface area contributed by atoms with E-state index in [1.165, 1.54) is 0 Å². The fraction of sp³-hybridized carbons (Fsp3) is 0.417. The van der Waals surface area contributed by atoms with Crippen LogP contribution in [0.1, 0.15) is 60.3 Å². The molecule has 3 fully saturated rings. The second-order valence-corrected chi connectivity index (χ2v) is 9.10. The normalized spacial score (nSPS) is 27.6. The van der Waals surface area contributed by atoms with Gasteiger partial charge in [-0.25, -0.2) is 4.98 Å². The second kappa shape index (κ2) is 6.09. The fourth-order valence-electron chi connectivity index (χ4n) is 5.82. The minimum atomic E-state index is -0.0965. The van der Waals surface area contributed by atoms with Crippen molar-refractivity contribution in [1.82, 2.24) is 15.3 Å². The van der Waals surface area contributed by atoms with Gasteiger partial charge in [-0.15, -0.1) is 0 Å². The molecule has 148 valence electrons. The summed E-state index contributed by atoms with van der Waals surface area (Å²) in [5.41, 5.74) is 4.00. The molecular formula is C24H25N3O2. The molecule has 3 saturated carbocycles. The molecule has 1 aliphatic heterocycles. The predicted molar refractivity (Wildman–Crippen MR) is 111 cm³/mol. The van der Waals surface area contributed by atoms with E-state index in [9.17, 15) is 4.79 Å². The summed E-state index contributed by atoms with van der Waals surface area (Å²) in [6.07, 6.45) is 7.25. The molecule has 7 rings (SSSR count). The van der Waals surface area contributed by atoms with Gasteiger partial charge in [-0.1, -0.05) is 18.6 Å². The first-order valence-corrected chi connectivity index (χ1v) is 10.7. The number of benzene rings is 2. The van der Waals surface area contributed by atoms with Gasteiger partial charge < -0.3 is 15.0 Å². The first-order chi connectivity index (χ1) is 14.1. The van der Waals surface area contributed by atoms with Gasteiger partial charge in [0.1, 0.15) is 11.6 Å². The van der Waals surface area contributed by atoms with Gasteiger partial charge >= 0.3 is 0 Å². The van der Waals surface area contributed by atoms with Crippen LogP contribution < -0.4 is 10.1 Å². The molecular weight excluding hydrogens is 362 g/mol. The molecule has 0 unspecified atom stereocenters. The fourth-order valence-corrected chi connectivity index (χ4v) is 5.82. The number of para-hydroxylation sites is 2. The third kappa shape index (κ3) is 2.67. The predicted octanol–water partition coefficient (Wildman–Crippen LogP) is 4.27. The van der Waals surface area contributed by atoms with Crippen LogP contribution >= 0.6 is 0 Å². The van der Waals surface area contributed by atoms with Crippen LogP contribution in [0, 0.1) is 0 Å². The van der Waals surface area contributed by atoms with Gasteiger partial charge in [-0.05, 0) is 74.4 Å². The van der Waals surface area contributed by atoms with E-state index >= 15 is 0 Å². The van der Waals surface area contributed by atoms with Crippen molar-refractivity contribution in [2.45, 2.75) is 55.9 Å². The molecule has 0 atom stereocenters. The first-order valence-electron chi connectivity index (χ1n) is 10.7. The maximum atomic E-state index is 13.0. The molecule has 2 aromatic carbocycles. The number of carbonyl (C=O) groups is 1. The van der Waals surface area contributed by atoms with Gasteiger partial charge in [0.05, 0.1) is 17.6 Å². The van der Waals surface area contributed by atoms with Crippen molar-refractivity contribution in [3.8, 4) is 5.75 Å². The van der Waals surface area contributed by atoms with Gasteiger partial charge in [0, 0.05) is 16.5 Å². The number of hydrogen-bond donors (Lipinski definition) is 2. The quantitative estimate of drug-likeness (QED) is 0.705. The minimum absolute atomic E-state index is 0.0403. The van der Waals surface area contributed by atoms with Crippen molar-refractivity contribution in [3.63, 3.8) is 0 Å². The summed E-state index contributed by atoms with van der Waals surface area (Å²) in [5, 5.41) is 3.39. The number of rotatable bonds is 3. The third-order valence-corrected chi connectivity index (χ3v) is 7.11. The molecule has 0 spiro atoms. The molecule has 3 aromatic rings. The Morgan fingerprint density at radius 2 is 2.00 bits per heavy atom. The van der Waals surface area contributed by atoms with Crippen molar-refractivity contribution in [3.05, 3.63) is 59.4 Å². The average Bonchev–Trinajstić information content (AvgIpc) is 3.18. The van der Waals surface area contributed by atoms with Crippen LogP contribution in [0.25, 0.3) is 11.0 Å². The van der Waals surface area contributed by atoms with Gasteiger partial charge in [0.25, 0.3) is 5.91 Å². The van der Waals surface area contributed by atoms with Crippen molar-refractivity contribution < 1.29 is 9.53 Å². The number of imidazole rings is 1. The lowest BCUT2D eigenvalue weighted by Crippen LogP contribution is -2.66. The molecule has 2 N–H and O–H groups in total. The topological polar surface area (TPSA) is 67.0 Å². The second-order valence-electron chi connectivity index (χ2n) is 9.10. The van der Waals surface area contributed by atoms with Gasteiger partial charge in [-0.2, -0.15) is 0 Å². The third-order valence-electron chi connectivity index (χ3n) is 7.11. The highest BCUT2D eigenvalue weighted by atomic mass is 16.5. The number of hydrogen-bond acceptors (Lipinski definition) is 3. The molecule has 3 aliphatic carbocycles. The Balaban J connectivity index is 1.22. The van der Waals surface area contributed by atoms with E-state index in [-0.39, 0.29) is 16.9 Å². The number of nitrogens with one attached hydrogen (secondary N) is 2. The summed E-state index contributed by atoms with van der Waals surface area (Å²) >= 11 is 0.